The number of benzene rings is 1. The van der Waals surface area contributed by atoms with E-state index in [1.54, 1.807) is 7.11 Å². The molecular formula is C15H23NO. The minimum absolute atomic E-state index is 0.423. The van der Waals surface area contributed by atoms with Gasteiger partial charge >= 0.3 is 0 Å². The van der Waals surface area contributed by atoms with Crippen LogP contribution in [0.2, 0.25) is 0 Å². The second-order valence-electron chi connectivity index (χ2n) is 5.18. The zero-order chi connectivity index (χ0) is 12.3. The van der Waals surface area contributed by atoms with Crippen LogP contribution >= 0.6 is 0 Å². The van der Waals surface area contributed by atoms with E-state index >= 15 is 0 Å². The van der Waals surface area contributed by atoms with Gasteiger partial charge in [-0.05, 0) is 43.4 Å². The predicted molar refractivity (Wildman–Crippen MR) is 71.3 cm³/mol. The van der Waals surface area contributed by atoms with Crippen LogP contribution in [0.3, 0.4) is 0 Å². The zero-order valence-corrected chi connectivity index (χ0v) is 11.1. The van der Waals surface area contributed by atoms with Crippen molar-refractivity contribution in [3.8, 4) is 5.75 Å². The fourth-order valence-electron chi connectivity index (χ4n) is 2.70. The van der Waals surface area contributed by atoms with Crippen LogP contribution in [-0.4, -0.2) is 13.2 Å². The van der Waals surface area contributed by atoms with Gasteiger partial charge in [0.05, 0.1) is 7.11 Å². The molecule has 0 heterocycles. The maximum Gasteiger partial charge on any atom is 0.118 e. The van der Waals surface area contributed by atoms with Crippen molar-refractivity contribution in [3.63, 3.8) is 0 Å². The van der Waals surface area contributed by atoms with Crippen LogP contribution in [0.4, 0.5) is 0 Å². The Morgan fingerprint density at radius 3 is 2.47 bits per heavy atom. The highest BCUT2D eigenvalue weighted by molar-refractivity contribution is 5.28. The molecular weight excluding hydrogens is 210 g/mol. The van der Waals surface area contributed by atoms with Crippen molar-refractivity contribution in [1.29, 1.82) is 0 Å². The van der Waals surface area contributed by atoms with Gasteiger partial charge in [-0.15, -0.1) is 0 Å². The quantitative estimate of drug-likeness (QED) is 0.859. The molecule has 1 fully saturated rings. The van der Waals surface area contributed by atoms with Gasteiger partial charge in [0.15, 0.2) is 0 Å². The van der Waals surface area contributed by atoms with Crippen molar-refractivity contribution in [2.24, 2.45) is 5.92 Å². The average Bonchev–Trinajstić information content (AvgIpc) is 2.75. The Kier molecular flexibility index (Phi) is 4.06. The molecule has 3 atom stereocenters. The summed E-state index contributed by atoms with van der Waals surface area (Å²) in [6.45, 7) is 4.60. The summed E-state index contributed by atoms with van der Waals surface area (Å²) in [6, 6.07) is 9.47. The number of nitrogens with one attached hydrogen (secondary N) is 1. The minimum atomic E-state index is 0.423. The van der Waals surface area contributed by atoms with Gasteiger partial charge in [-0.2, -0.15) is 0 Å². The lowest BCUT2D eigenvalue weighted by Crippen LogP contribution is -2.33. The lowest BCUT2D eigenvalue weighted by molar-refractivity contribution is 0.387. The highest BCUT2D eigenvalue weighted by atomic mass is 16.5. The molecule has 0 amide bonds. The third-order valence-corrected chi connectivity index (χ3v) is 3.94. The van der Waals surface area contributed by atoms with E-state index in [2.05, 4.69) is 31.3 Å². The van der Waals surface area contributed by atoms with E-state index in [0.717, 1.165) is 11.7 Å². The Balaban J connectivity index is 1.96. The van der Waals surface area contributed by atoms with Gasteiger partial charge in [0.2, 0.25) is 0 Å². The van der Waals surface area contributed by atoms with Gasteiger partial charge in [0.25, 0.3) is 0 Å². The Bertz CT molecular complexity index is 346. The van der Waals surface area contributed by atoms with E-state index in [9.17, 15) is 0 Å². The molecule has 0 bridgehead atoms. The summed E-state index contributed by atoms with van der Waals surface area (Å²) in [6.07, 6.45) is 4.06. The van der Waals surface area contributed by atoms with Gasteiger partial charge in [-0.1, -0.05) is 25.5 Å². The van der Waals surface area contributed by atoms with E-state index < -0.39 is 0 Å². The van der Waals surface area contributed by atoms with Crippen molar-refractivity contribution in [2.75, 3.05) is 7.11 Å². The minimum Gasteiger partial charge on any atom is -0.497 e. The topological polar surface area (TPSA) is 21.3 Å². The smallest absolute Gasteiger partial charge is 0.118 e. The number of rotatable bonds is 4. The zero-order valence-electron chi connectivity index (χ0n) is 11.1. The summed E-state index contributed by atoms with van der Waals surface area (Å²) in [7, 11) is 1.71. The maximum absolute atomic E-state index is 5.18. The van der Waals surface area contributed by atoms with Crippen LogP contribution in [0.5, 0.6) is 5.75 Å². The molecule has 2 nitrogen and oxygen atoms in total. The van der Waals surface area contributed by atoms with Gasteiger partial charge in [-0.25, -0.2) is 0 Å². The standard InChI is InChI=1S/C15H23NO/c1-11-5-4-6-15(11)16-12(2)13-7-9-14(17-3)10-8-13/h7-12,15-16H,4-6H2,1-3H3/t11?,12-,15?/m0/s1. The molecule has 17 heavy (non-hydrogen) atoms. The number of methoxy groups -OCH3 is 1. The number of hydrogen-bond donors (Lipinski definition) is 1. The molecule has 1 aliphatic carbocycles. The molecule has 0 aliphatic heterocycles. The molecule has 0 radical (unpaired) electrons. The van der Waals surface area contributed by atoms with Crippen LogP contribution in [0.1, 0.15) is 44.7 Å². The van der Waals surface area contributed by atoms with Crippen LogP contribution < -0.4 is 10.1 Å². The van der Waals surface area contributed by atoms with E-state index in [4.69, 9.17) is 4.74 Å². The van der Waals surface area contributed by atoms with Crippen LogP contribution in [0.15, 0.2) is 24.3 Å². The van der Waals surface area contributed by atoms with Gasteiger partial charge < -0.3 is 10.1 Å². The fraction of sp³-hybridized carbons (Fsp3) is 0.600. The highest BCUT2D eigenvalue weighted by Gasteiger charge is 2.24. The number of ether oxygens (including phenoxy) is 1. The molecule has 1 N–H and O–H groups in total. The van der Waals surface area contributed by atoms with Crippen LogP contribution in [0, 0.1) is 5.92 Å². The van der Waals surface area contributed by atoms with Gasteiger partial charge in [0.1, 0.15) is 5.75 Å². The summed E-state index contributed by atoms with van der Waals surface area (Å²) < 4.78 is 5.18. The summed E-state index contributed by atoms with van der Waals surface area (Å²) in [5.74, 6) is 1.74. The van der Waals surface area contributed by atoms with Crippen molar-refractivity contribution >= 4 is 0 Å². The highest BCUT2D eigenvalue weighted by Crippen LogP contribution is 2.27. The van der Waals surface area contributed by atoms with E-state index in [0.29, 0.717) is 12.1 Å². The Morgan fingerprint density at radius 1 is 1.24 bits per heavy atom. The van der Waals surface area contributed by atoms with E-state index in [1.807, 2.05) is 12.1 Å². The normalized spacial score (nSPS) is 25.8. The molecule has 0 spiro atoms. The molecule has 2 heteroatoms. The average molecular weight is 233 g/mol. The third-order valence-electron chi connectivity index (χ3n) is 3.94. The maximum atomic E-state index is 5.18. The first-order valence-electron chi connectivity index (χ1n) is 6.60. The molecule has 2 unspecified atom stereocenters. The molecule has 1 saturated carbocycles. The number of hydrogen-bond acceptors (Lipinski definition) is 2. The monoisotopic (exact) mass is 233 g/mol. The molecule has 94 valence electrons. The van der Waals surface area contributed by atoms with Crippen molar-refractivity contribution in [2.45, 2.75) is 45.2 Å². The molecule has 2 rings (SSSR count). The van der Waals surface area contributed by atoms with Gasteiger partial charge in [0, 0.05) is 12.1 Å². The Labute approximate surface area is 104 Å². The largest absolute Gasteiger partial charge is 0.497 e. The van der Waals surface area contributed by atoms with Crippen molar-refractivity contribution in [1.82, 2.24) is 5.32 Å². The second-order valence-corrected chi connectivity index (χ2v) is 5.18. The second kappa shape index (κ2) is 5.54. The summed E-state index contributed by atoms with van der Waals surface area (Å²) in [4.78, 5) is 0. The lowest BCUT2D eigenvalue weighted by Gasteiger charge is -2.23. The fourth-order valence-corrected chi connectivity index (χ4v) is 2.70. The summed E-state index contributed by atoms with van der Waals surface area (Å²) in [5.41, 5.74) is 1.34. The Hall–Kier alpha value is -1.02. The van der Waals surface area contributed by atoms with Crippen LogP contribution in [-0.2, 0) is 0 Å². The first-order chi connectivity index (χ1) is 8.20. The predicted octanol–water partition coefficient (Wildman–Crippen LogP) is 3.53. The molecule has 1 aromatic rings. The van der Waals surface area contributed by atoms with Crippen molar-refractivity contribution < 1.29 is 4.74 Å². The molecule has 0 aromatic heterocycles. The van der Waals surface area contributed by atoms with E-state index in [-0.39, 0.29) is 0 Å². The molecule has 1 aliphatic rings. The SMILES string of the molecule is COc1ccc([C@H](C)NC2CCCC2C)cc1. The summed E-state index contributed by atoms with van der Waals surface area (Å²) >= 11 is 0. The van der Waals surface area contributed by atoms with Gasteiger partial charge in [-0.3, -0.25) is 0 Å². The summed E-state index contributed by atoms with van der Waals surface area (Å²) in [5, 5.41) is 3.74. The molecule has 1 aromatic carbocycles. The first-order valence-corrected chi connectivity index (χ1v) is 6.60. The third kappa shape index (κ3) is 3.01. The Morgan fingerprint density at radius 2 is 1.94 bits per heavy atom. The first kappa shape index (κ1) is 12.4. The van der Waals surface area contributed by atoms with Crippen LogP contribution in [0.25, 0.3) is 0 Å². The van der Waals surface area contributed by atoms with E-state index in [1.165, 1.54) is 24.8 Å². The molecule has 0 saturated heterocycles. The lowest BCUT2D eigenvalue weighted by atomic mass is 10.0. The van der Waals surface area contributed by atoms with Crippen molar-refractivity contribution in [3.05, 3.63) is 29.8 Å².